The summed E-state index contributed by atoms with van der Waals surface area (Å²) in [5.74, 6) is 1.14. The van der Waals surface area contributed by atoms with Crippen molar-refractivity contribution >= 4 is 22.4 Å². The summed E-state index contributed by atoms with van der Waals surface area (Å²) in [5, 5.41) is 7.83. The summed E-state index contributed by atoms with van der Waals surface area (Å²) in [6.07, 6.45) is 4.05. The largest absolute Gasteiger partial charge is 0.493 e. The van der Waals surface area contributed by atoms with E-state index in [0.29, 0.717) is 34.6 Å². The van der Waals surface area contributed by atoms with E-state index in [1.807, 2.05) is 12.1 Å². The van der Waals surface area contributed by atoms with Crippen molar-refractivity contribution in [1.82, 2.24) is 14.7 Å². The fraction of sp³-hybridized carbons (Fsp3) is 0.375. The molecule has 0 radical (unpaired) electrons. The van der Waals surface area contributed by atoms with Crippen molar-refractivity contribution in [3.05, 3.63) is 52.9 Å². The quantitative estimate of drug-likeness (QED) is 0.533. The minimum Gasteiger partial charge on any atom is -0.493 e. The number of methoxy groups -OCH3 is 2. The first-order valence-electron chi connectivity index (χ1n) is 10.9. The highest BCUT2D eigenvalue weighted by molar-refractivity contribution is 5.92. The third-order valence-corrected chi connectivity index (χ3v) is 5.67. The maximum Gasteiger partial charge on any atom is 0.279 e. The van der Waals surface area contributed by atoms with Crippen LogP contribution in [0.25, 0.3) is 10.8 Å². The Morgan fingerprint density at radius 1 is 1.06 bits per heavy atom. The van der Waals surface area contributed by atoms with Gasteiger partial charge in [0.2, 0.25) is 5.91 Å². The fourth-order valence-electron chi connectivity index (χ4n) is 3.97. The van der Waals surface area contributed by atoms with Crippen molar-refractivity contribution in [2.24, 2.45) is 0 Å². The third-order valence-electron chi connectivity index (χ3n) is 5.67. The van der Waals surface area contributed by atoms with Gasteiger partial charge < -0.3 is 19.5 Å². The first-order chi connectivity index (χ1) is 16.1. The topological polar surface area (TPSA) is 94.9 Å². The van der Waals surface area contributed by atoms with Crippen molar-refractivity contribution in [3.63, 3.8) is 0 Å². The van der Waals surface area contributed by atoms with Gasteiger partial charge in [0, 0.05) is 17.6 Å². The van der Waals surface area contributed by atoms with E-state index in [1.54, 1.807) is 24.3 Å². The van der Waals surface area contributed by atoms with Gasteiger partial charge in [-0.1, -0.05) is 0 Å². The van der Waals surface area contributed by atoms with Gasteiger partial charge in [-0.05, 0) is 62.3 Å². The van der Waals surface area contributed by atoms with Crippen LogP contribution in [0.3, 0.4) is 0 Å². The van der Waals surface area contributed by atoms with Crippen LogP contribution in [0.4, 0.5) is 5.69 Å². The van der Waals surface area contributed by atoms with Gasteiger partial charge in [-0.25, -0.2) is 4.68 Å². The number of rotatable bonds is 9. The second-order valence-corrected chi connectivity index (χ2v) is 7.84. The summed E-state index contributed by atoms with van der Waals surface area (Å²) in [6.45, 7) is 3.61. The molecule has 33 heavy (non-hydrogen) atoms. The molecule has 0 aliphatic carbocycles. The number of ether oxygens (including phenoxy) is 3. The van der Waals surface area contributed by atoms with Gasteiger partial charge >= 0.3 is 0 Å². The van der Waals surface area contributed by atoms with Gasteiger partial charge in [-0.3, -0.25) is 14.5 Å². The van der Waals surface area contributed by atoms with Gasteiger partial charge in [0.1, 0.15) is 18.9 Å². The molecule has 2 aromatic carbocycles. The summed E-state index contributed by atoms with van der Waals surface area (Å²) >= 11 is 0. The first kappa shape index (κ1) is 22.6. The zero-order valence-electron chi connectivity index (χ0n) is 18.9. The number of benzene rings is 2. The molecule has 1 aliphatic heterocycles. The molecule has 3 aromatic rings. The number of nitrogens with zero attached hydrogens (tertiary/aromatic N) is 3. The Bertz CT molecular complexity index is 1170. The Kier molecular flexibility index (Phi) is 7.09. The average molecular weight is 453 g/mol. The van der Waals surface area contributed by atoms with E-state index in [1.165, 1.54) is 33.3 Å². The van der Waals surface area contributed by atoms with Gasteiger partial charge in [0.05, 0.1) is 25.8 Å². The molecule has 1 aliphatic rings. The number of carbonyl (C=O) groups excluding carboxylic acids is 1. The van der Waals surface area contributed by atoms with Crippen LogP contribution >= 0.6 is 0 Å². The van der Waals surface area contributed by atoms with Crippen LogP contribution in [0.15, 0.2) is 47.4 Å². The van der Waals surface area contributed by atoms with Gasteiger partial charge in [-0.2, -0.15) is 5.10 Å². The molecule has 9 heteroatoms. The number of hydrogen-bond acceptors (Lipinski definition) is 7. The molecule has 0 unspecified atom stereocenters. The van der Waals surface area contributed by atoms with Gasteiger partial charge in [-0.15, -0.1) is 0 Å². The zero-order chi connectivity index (χ0) is 23.2. The smallest absolute Gasteiger partial charge is 0.279 e. The lowest BCUT2D eigenvalue weighted by atomic mass is 10.1. The zero-order valence-corrected chi connectivity index (χ0v) is 18.9. The second-order valence-electron chi connectivity index (χ2n) is 7.84. The number of amides is 1. The van der Waals surface area contributed by atoms with E-state index >= 15 is 0 Å². The number of nitrogens with one attached hydrogen (secondary N) is 1. The minimum atomic E-state index is -0.430. The molecule has 1 amide bonds. The summed E-state index contributed by atoms with van der Waals surface area (Å²) in [5.41, 5.74) is 0.181. The molecular weight excluding hydrogens is 424 g/mol. The standard InChI is InChI=1S/C24H28N4O5/c1-31-20-10-5-17-15-25-28(24(30)22(17)23(20)32-2)16-21(29)26-18-6-8-19(9-7-18)33-14-13-27-11-3-4-12-27/h5-10,15H,3-4,11-14,16H2,1-2H3,(H,26,29). The third kappa shape index (κ3) is 5.25. The number of fused-ring (bicyclic) bond motifs is 1. The summed E-state index contributed by atoms with van der Waals surface area (Å²) < 4.78 is 17.5. The fourth-order valence-corrected chi connectivity index (χ4v) is 3.97. The summed E-state index contributed by atoms with van der Waals surface area (Å²) in [4.78, 5) is 27.9. The Hall–Kier alpha value is -3.59. The monoisotopic (exact) mass is 452 g/mol. The van der Waals surface area contributed by atoms with Crippen molar-refractivity contribution in [2.45, 2.75) is 19.4 Å². The molecule has 1 fully saturated rings. The van der Waals surface area contributed by atoms with E-state index in [-0.39, 0.29) is 12.5 Å². The van der Waals surface area contributed by atoms with E-state index in [0.717, 1.165) is 30.1 Å². The molecule has 0 atom stereocenters. The van der Waals surface area contributed by atoms with E-state index in [9.17, 15) is 9.59 Å². The molecule has 0 spiro atoms. The van der Waals surface area contributed by atoms with E-state index in [4.69, 9.17) is 14.2 Å². The molecule has 9 nitrogen and oxygen atoms in total. The summed E-state index contributed by atoms with van der Waals surface area (Å²) in [7, 11) is 2.97. The molecule has 4 rings (SSSR count). The Morgan fingerprint density at radius 3 is 2.52 bits per heavy atom. The lowest BCUT2D eigenvalue weighted by Gasteiger charge is -2.15. The number of anilines is 1. The molecule has 0 bridgehead atoms. The molecular formula is C24H28N4O5. The van der Waals surface area contributed by atoms with Crippen molar-refractivity contribution in [1.29, 1.82) is 0 Å². The number of hydrogen-bond donors (Lipinski definition) is 1. The van der Waals surface area contributed by atoms with Crippen molar-refractivity contribution < 1.29 is 19.0 Å². The van der Waals surface area contributed by atoms with Crippen molar-refractivity contribution in [2.75, 3.05) is 45.8 Å². The second kappa shape index (κ2) is 10.4. The SMILES string of the molecule is COc1ccc2cnn(CC(=O)Nc3ccc(OCCN4CCCC4)cc3)c(=O)c2c1OC. The number of aromatic nitrogens is 2. The molecule has 1 aromatic heterocycles. The molecule has 1 N–H and O–H groups in total. The Labute approximate surface area is 191 Å². The highest BCUT2D eigenvalue weighted by Crippen LogP contribution is 2.32. The van der Waals surface area contributed by atoms with E-state index in [2.05, 4.69) is 15.3 Å². The highest BCUT2D eigenvalue weighted by atomic mass is 16.5. The van der Waals surface area contributed by atoms with Crippen LogP contribution in [0, 0.1) is 0 Å². The van der Waals surface area contributed by atoms with Crippen LogP contribution in [-0.4, -0.2) is 61.0 Å². The van der Waals surface area contributed by atoms with Crippen LogP contribution in [-0.2, 0) is 11.3 Å². The van der Waals surface area contributed by atoms with Gasteiger partial charge in [0.25, 0.3) is 5.56 Å². The molecule has 1 saturated heterocycles. The van der Waals surface area contributed by atoms with Crippen LogP contribution in [0.2, 0.25) is 0 Å². The van der Waals surface area contributed by atoms with Crippen LogP contribution in [0.1, 0.15) is 12.8 Å². The maximum atomic E-state index is 13.0. The number of likely N-dealkylation sites (tertiary alicyclic amines) is 1. The molecule has 174 valence electrons. The Balaban J connectivity index is 1.39. The Morgan fingerprint density at radius 2 is 1.82 bits per heavy atom. The van der Waals surface area contributed by atoms with Crippen molar-refractivity contribution in [3.8, 4) is 17.2 Å². The normalized spacial score (nSPS) is 13.8. The predicted molar refractivity (Wildman–Crippen MR) is 125 cm³/mol. The van der Waals surface area contributed by atoms with E-state index < -0.39 is 5.56 Å². The minimum absolute atomic E-state index is 0.233. The lowest BCUT2D eigenvalue weighted by molar-refractivity contribution is -0.117. The summed E-state index contributed by atoms with van der Waals surface area (Å²) in [6, 6.07) is 10.6. The van der Waals surface area contributed by atoms with Crippen LogP contribution < -0.4 is 25.1 Å². The predicted octanol–water partition coefficient (Wildman–Crippen LogP) is 2.53. The maximum absolute atomic E-state index is 13.0. The average Bonchev–Trinajstić information content (AvgIpc) is 3.35. The molecule has 0 saturated carbocycles. The van der Waals surface area contributed by atoms with Crippen LogP contribution in [0.5, 0.6) is 17.2 Å². The number of carbonyl (C=O) groups is 1. The lowest BCUT2D eigenvalue weighted by Crippen LogP contribution is -2.29. The first-order valence-corrected chi connectivity index (χ1v) is 10.9. The molecule has 2 heterocycles. The highest BCUT2D eigenvalue weighted by Gasteiger charge is 2.16. The van der Waals surface area contributed by atoms with Gasteiger partial charge in [0.15, 0.2) is 11.5 Å².